The van der Waals surface area contributed by atoms with E-state index in [9.17, 15) is 0 Å². The fourth-order valence-electron chi connectivity index (χ4n) is 1.43. The Morgan fingerprint density at radius 1 is 1.25 bits per heavy atom. The topological polar surface area (TPSA) is 27.8 Å². The van der Waals surface area contributed by atoms with Crippen LogP contribution in [0, 0.1) is 6.92 Å². The first-order chi connectivity index (χ1) is 5.79. The molecule has 2 nitrogen and oxygen atoms in total. The summed E-state index contributed by atoms with van der Waals surface area (Å²) < 4.78 is 0. The molecule has 0 saturated carbocycles. The van der Waals surface area contributed by atoms with E-state index in [4.69, 9.17) is 0 Å². The largest absolute Gasteiger partial charge is 0.388 e. The van der Waals surface area contributed by atoms with E-state index >= 15 is 0 Å². The van der Waals surface area contributed by atoms with Gasteiger partial charge in [0.1, 0.15) is 0 Å². The summed E-state index contributed by atoms with van der Waals surface area (Å²) in [7, 11) is 1.93. The number of rotatable bonds is 1. The number of nitrogens with one attached hydrogen (secondary N) is 2. The molecule has 62 valence electrons. The Bertz CT molecular complexity index is 401. The fourth-order valence-corrected chi connectivity index (χ4v) is 1.43. The molecule has 2 aromatic rings. The van der Waals surface area contributed by atoms with E-state index < -0.39 is 0 Å². The summed E-state index contributed by atoms with van der Waals surface area (Å²) in [5, 5.41) is 4.38. The van der Waals surface area contributed by atoms with Gasteiger partial charge in [-0.3, -0.25) is 0 Å². The quantitative estimate of drug-likeness (QED) is 0.659. The molecule has 1 aromatic carbocycles. The zero-order chi connectivity index (χ0) is 8.55. The normalized spacial score (nSPS) is 10.5. The van der Waals surface area contributed by atoms with Gasteiger partial charge in [0.25, 0.3) is 0 Å². The number of hydrogen-bond acceptors (Lipinski definition) is 1. The highest BCUT2D eigenvalue weighted by atomic mass is 14.8. The molecule has 0 aliphatic carbocycles. The van der Waals surface area contributed by atoms with Gasteiger partial charge in [0.15, 0.2) is 0 Å². The van der Waals surface area contributed by atoms with Crippen LogP contribution in [0.3, 0.4) is 0 Å². The smallest absolute Gasteiger partial charge is 0.0457 e. The van der Waals surface area contributed by atoms with E-state index in [2.05, 4.69) is 41.5 Å². The average Bonchev–Trinajstić information content (AvgIpc) is 2.43. The summed E-state index contributed by atoms with van der Waals surface area (Å²) in [6.45, 7) is 2.07. The first-order valence-electron chi connectivity index (χ1n) is 4.07. The number of aryl methyl sites for hydroxylation is 1. The molecular weight excluding hydrogens is 148 g/mol. The second-order valence-electron chi connectivity index (χ2n) is 3.00. The minimum Gasteiger partial charge on any atom is -0.388 e. The van der Waals surface area contributed by atoms with Crippen molar-refractivity contribution < 1.29 is 0 Å². The number of aromatic nitrogens is 1. The molecule has 12 heavy (non-hydrogen) atoms. The van der Waals surface area contributed by atoms with Crippen LogP contribution in [0.15, 0.2) is 24.3 Å². The van der Waals surface area contributed by atoms with Crippen molar-refractivity contribution in [2.75, 3.05) is 12.4 Å². The van der Waals surface area contributed by atoms with E-state index in [1.54, 1.807) is 0 Å². The van der Waals surface area contributed by atoms with Crippen LogP contribution in [0.4, 0.5) is 5.69 Å². The highest BCUT2D eigenvalue weighted by Gasteiger charge is 1.96. The van der Waals surface area contributed by atoms with Crippen LogP contribution in [-0.4, -0.2) is 12.0 Å². The predicted octanol–water partition coefficient (Wildman–Crippen LogP) is 2.52. The zero-order valence-electron chi connectivity index (χ0n) is 7.31. The number of aromatic amines is 1. The molecule has 1 aromatic heterocycles. The highest BCUT2D eigenvalue weighted by molar-refractivity contribution is 5.83. The van der Waals surface area contributed by atoms with Crippen LogP contribution < -0.4 is 5.32 Å². The molecule has 1 heterocycles. The van der Waals surface area contributed by atoms with Gasteiger partial charge in [0.05, 0.1) is 0 Å². The van der Waals surface area contributed by atoms with E-state index in [0.717, 1.165) is 5.69 Å². The summed E-state index contributed by atoms with van der Waals surface area (Å²) in [4.78, 5) is 3.28. The fraction of sp³-hybridized carbons (Fsp3) is 0.200. The Morgan fingerprint density at radius 3 is 2.83 bits per heavy atom. The van der Waals surface area contributed by atoms with Crippen LogP contribution in [0.1, 0.15) is 5.69 Å². The molecule has 0 aliphatic rings. The lowest BCUT2D eigenvalue weighted by atomic mass is 10.2. The lowest BCUT2D eigenvalue weighted by Crippen LogP contribution is -1.85. The number of H-pyrrole nitrogens is 1. The van der Waals surface area contributed by atoms with Crippen molar-refractivity contribution >= 4 is 16.6 Å². The highest BCUT2D eigenvalue weighted by Crippen LogP contribution is 2.18. The van der Waals surface area contributed by atoms with Crippen molar-refractivity contribution in [3.63, 3.8) is 0 Å². The Balaban J connectivity index is 2.66. The molecule has 2 N–H and O–H groups in total. The molecule has 0 unspecified atom stereocenters. The third kappa shape index (κ3) is 1.05. The van der Waals surface area contributed by atoms with Gasteiger partial charge >= 0.3 is 0 Å². The molecule has 0 fully saturated rings. The maximum atomic E-state index is 3.28. The molecular formula is C10H12N2. The van der Waals surface area contributed by atoms with Crippen LogP contribution in [-0.2, 0) is 0 Å². The number of benzene rings is 1. The van der Waals surface area contributed by atoms with Crippen molar-refractivity contribution in [2.24, 2.45) is 0 Å². The third-order valence-corrected chi connectivity index (χ3v) is 2.04. The molecule has 0 amide bonds. The molecule has 2 rings (SSSR count). The van der Waals surface area contributed by atoms with Crippen LogP contribution in [0.2, 0.25) is 0 Å². The lowest BCUT2D eigenvalue weighted by molar-refractivity contribution is 1.30. The van der Waals surface area contributed by atoms with Gasteiger partial charge in [-0.25, -0.2) is 0 Å². The van der Waals surface area contributed by atoms with Gasteiger partial charge < -0.3 is 10.3 Å². The van der Waals surface area contributed by atoms with E-state index in [1.807, 2.05) is 7.05 Å². The maximum absolute atomic E-state index is 3.28. The SMILES string of the molecule is CNc1ccc2[nH]c(C)cc2c1. The first kappa shape index (κ1) is 7.22. The van der Waals surface area contributed by atoms with Gasteiger partial charge in [0, 0.05) is 29.3 Å². The summed E-state index contributed by atoms with van der Waals surface area (Å²) in [5.74, 6) is 0. The van der Waals surface area contributed by atoms with Crippen LogP contribution >= 0.6 is 0 Å². The Morgan fingerprint density at radius 2 is 2.08 bits per heavy atom. The summed E-state index contributed by atoms with van der Waals surface area (Å²) >= 11 is 0. The molecule has 2 heteroatoms. The van der Waals surface area contributed by atoms with Gasteiger partial charge in [-0.1, -0.05) is 0 Å². The number of hydrogen-bond donors (Lipinski definition) is 2. The minimum absolute atomic E-state index is 1.15. The Hall–Kier alpha value is -1.44. The van der Waals surface area contributed by atoms with Crippen molar-refractivity contribution in [3.8, 4) is 0 Å². The van der Waals surface area contributed by atoms with Gasteiger partial charge in [-0.15, -0.1) is 0 Å². The Kier molecular flexibility index (Phi) is 1.54. The van der Waals surface area contributed by atoms with E-state index in [1.165, 1.54) is 16.6 Å². The number of anilines is 1. The molecule has 0 saturated heterocycles. The second-order valence-corrected chi connectivity index (χ2v) is 3.00. The molecule has 0 radical (unpaired) electrons. The maximum Gasteiger partial charge on any atom is 0.0457 e. The van der Waals surface area contributed by atoms with Crippen molar-refractivity contribution in [1.29, 1.82) is 0 Å². The molecule has 0 aliphatic heterocycles. The standard InChI is InChI=1S/C10H12N2/c1-7-5-8-6-9(11-2)3-4-10(8)12-7/h3-6,11-12H,1-2H3. The van der Waals surface area contributed by atoms with Crippen LogP contribution in [0.25, 0.3) is 10.9 Å². The second kappa shape index (κ2) is 2.55. The van der Waals surface area contributed by atoms with Gasteiger partial charge in [-0.2, -0.15) is 0 Å². The summed E-state index contributed by atoms with van der Waals surface area (Å²) in [5.41, 5.74) is 3.56. The number of fused-ring (bicyclic) bond motifs is 1. The minimum atomic E-state index is 1.15. The average molecular weight is 160 g/mol. The Labute approximate surface area is 71.6 Å². The molecule has 0 bridgehead atoms. The summed E-state index contributed by atoms with van der Waals surface area (Å²) in [6.07, 6.45) is 0. The molecule has 0 spiro atoms. The zero-order valence-corrected chi connectivity index (χ0v) is 7.31. The predicted molar refractivity (Wildman–Crippen MR) is 52.6 cm³/mol. The van der Waals surface area contributed by atoms with Crippen LogP contribution in [0.5, 0.6) is 0 Å². The van der Waals surface area contributed by atoms with Gasteiger partial charge in [-0.05, 0) is 31.2 Å². The third-order valence-electron chi connectivity index (χ3n) is 2.04. The monoisotopic (exact) mass is 160 g/mol. The first-order valence-corrected chi connectivity index (χ1v) is 4.07. The van der Waals surface area contributed by atoms with Crippen molar-refractivity contribution in [1.82, 2.24) is 4.98 Å². The molecule has 0 atom stereocenters. The van der Waals surface area contributed by atoms with Crippen molar-refractivity contribution in [3.05, 3.63) is 30.0 Å². The van der Waals surface area contributed by atoms with Crippen molar-refractivity contribution in [2.45, 2.75) is 6.92 Å². The summed E-state index contributed by atoms with van der Waals surface area (Å²) in [6, 6.07) is 8.45. The van der Waals surface area contributed by atoms with E-state index in [-0.39, 0.29) is 0 Å². The van der Waals surface area contributed by atoms with E-state index in [0.29, 0.717) is 0 Å². The van der Waals surface area contributed by atoms with Gasteiger partial charge in [0.2, 0.25) is 0 Å². The lowest BCUT2D eigenvalue weighted by Gasteiger charge is -1.97.